The fourth-order valence-corrected chi connectivity index (χ4v) is 3.89. The summed E-state index contributed by atoms with van der Waals surface area (Å²) in [6.07, 6.45) is 2.75. The number of thiophene rings is 1. The van der Waals surface area contributed by atoms with Crippen molar-refractivity contribution in [1.82, 2.24) is 15.1 Å². The van der Waals surface area contributed by atoms with E-state index in [1.54, 1.807) is 0 Å². The highest BCUT2D eigenvalue weighted by atomic mass is 32.1. The highest BCUT2D eigenvalue weighted by Gasteiger charge is 2.23. The molecule has 2 heterocycles. The zero-order valence-corrected chi connectivity index (χ0v) is 14.0. The summed E-state index contributed by atoms with van der Waals surface area (Å²) >= 11 is 1.89. The number of aryl methyl sites for hydroxylation is 1. The van der Waals surface area contributed by atoms with E-state index in [1.807, 2.05) is 11.3 Å². The Balaban J connectivity index is 1.59. The lowest BCUT2D eigenvalue weighted by Crippen LogP contribution is -2.40. The van der Waals surface area contributed by atoms with Gasteiger partial charge in [0.25, 0.3) is 0 Å². The molecule has 1 saturated heterocycles. The number of nitrogens with zero attached hydrogens (tertiary/aromatic N) is 2. The fraction of sp³-hybridized carbons (Fsp3) is 0.750. The molecule has 1 N–H and O–H groups in total. The Morgan fingerprint density at radius 2 is 2.30 bits per heavy atom. The lowest BCUT2D eigenvalue weighted by Gasteiger charge is -2.27. The molecule has 1 fully saturated rings. The van der Waals surface area contributed by atoms with Crippen molar-refractivity contribution in [3.05, 3.63) is 21.9 Å². The average Bonchev–Trinajstić information content (AvgIpc) is 3.03. The number of likely N-dealkylation sites (N-methyl/N-ethyl adjacent to an activating group) is 2. The van der Waals surface area contributed by atoms with Crippen molar-refractivity contribution in [2.45, 2.75) is 39.3 Å². The van der Waals surface area contributed by atoms with Gasteiger partial charge in [0.15, 0.2) is 0 Å². The zero-order chi connectivity index (χ0) is 14.4. The van der Waals surface area contributed by atoms with Crippen LogP contribution in [0.25, 0.3) is 0 Å². The number of rotatable bonds is 8. The zero-order valence-electron chi connectivity index (χ0n) is 13.2. The van der Waals surface area contributed by atoms with E-state index in [-0.39, 0.29) is 0 Å². The lowest BCUT2D eigenvalue weighted by atomic mass is 10.2. The molecule has 0 aliphatic carbocycles. The van der Waals surface area contributed by atoms with Crippen LogP contribution >= 0.6 is 11.3 Å². The van der Waals surface area contributed by atoms with Crippen LogP contribution in [0, 0.1) is 6.92 Å². The molecule has 1 aromatic rings. The summed E-state index contributed by atoms with van der Waals surface area (Å²) in [5.41, 5.74) is 0. The SMILES string of the molecule is CCN1CCCC1CN(C)CCNCc1ccc(C)s1. The van der Waals surface area contributed by atoms with Crippen LogP contribution in [0.3, 0.4) is 0 Å². The topological polar surface area (TPSA) is 18.5 Å². The van der Waals surface area contributed by atoms with Gasteiger partial charge in [0.05, 0.1) is 0 Å². The third-order valence-electron chi connectivity index (χ3n) is 4.19. The van der Waals surface area contributed by atoms with Crippen molar-refractivity contribution in [2.24, 2.45) is 0 Å². The first-order valence-corrected chi connectivity index (χ1v) is 8.69. The van der Waals surface area contributed by atoms with Gasteiger partial charge in [0, 0.05) is 42.0 Å². The van der Waals surface area contributed by atoms with Gasteiger partial charge in [0.2, 0.25) is 0 Å². The van der Waals surface area contributed by atoms with E-state index in [0.717, 1.165) is 25.7 Å². The summed E-state index contributed by atoms with van der Waals surface area (Å²) in [6, 6.07) is 5.21. The van der Waals surface area contributed by atoms with Crippen molar-refractivity contribution in [3.63, 3.8) is 0 Å². The monoisotopic (exact) mass is 295 g/mol. The van der Waals surface area contributed by atoms with Crippen LogP contribution in [0.15, 0.2) is 12.1 Å². The van der Waals surface area contributed by atoms with Gasteiger partial charge in [-0.3, -0.25) is 4.90 Å². The Hall–Kier alpha value is -0.420. The van der Waals surface area contributed by atoms with Gasteiger partial charge in [-0.15, -0.1) is 11.3 Å². The van der Waals surface area contributed by atoms with Crippen molar-refractivity contribution >= 4 is 11.3 Å². The molecule has 4 heteroatoms. The molecular formula is C16H29N3S. The summed E-state index contributed by atoms with van der Waals surface area (Å²) in [7, 11) is 2.25. The Kier molecular flexibility index (Phi) is 6.49. The van der Waals surface area contributed by atoms with Crippen LogP contribution in [0.4, 0.5) is 0 Å². The summed E-state index contributed by atoms with van der Waals surface area (Å²) in [5.74, 6) is 0. The molecule has 0 amide bonds. The van der Waals surface area contributed by atoms with Crippen LogP contribution in [0.1, 0.15) is 29.5 Å². The van der Waals surface area contributed by atoms with Crippen LogP contribution in [0.5, 0.6) is 0 Å². The van der Waals surface area contributed by atoms with Crippen molar-refractivity contribution in [2.75, 3.05) is 39.8 Å². The Morgan fingerprint density at radius 3 is 3.00 bits per heavy atom. The standard InChI is InChI=1S/C16H29N3S/c1-4-19-10-5-6-15(19)13-18(3)11-9-17-12-16-8-7-14(2)20-16/h7-8,15,17H,4-6,9-13H2,1-3H3. The maximum Gasteiger partial charge on any atom is 0.0300 e. The van der Waals surface area contributed by atoms with Crippen LogP contribution in [0.2, 0.25) is 0 Å². The van der Waals surface area contributed by atoms with E-state index in [4.69, 9.17) is 0 Å². The second kappa shape index (κ2) is 8.13. The number of hydrogen-bond acceptors (Lipinski definition) is 4. The highest BCUT2D eigenvalue weighted by Crippen LogP contribution is 2.17. The van der Waals surface area contributed by atoms with Gasteiger partial charge in [0.1, 0.15) is 0 Å². The molecule has 0 aromatic carbocycles. The molecule has 0 bridgehead atoms. The predicted molar refractivity (Wildman–Crippen MR) is 88.5 cm³/mol. The second-order valence-corrected chi connectivity index (χ2v) is 7.25. The maximum absolute atomic E-state index is 3.55. The molecule has 0 radical (unpaired) electrons. The molecule has 0 spiro atoms. The lowest BCUT2D eigenvalue weighted by molar-refractivity contribution is 0.199. The van der Waals surface area contributed by atoms with Crippen molar-refractivity contribution < 1.29 is 0 Å². The van der Waals surface area contributed by atoms with E-state index < -0.39 is 0 Å². The third kappa shape index (κ3) is 4.85. The molecule has 1 aliphatic heterocycles. The first kappa shape index (κ1) is 16.0. The predicted octanol–water partition coefficient (Wildman–Crippen LogP) is 2.56. The molecule has 0 saturated carbocycles. The van der Waals surface area contributed by atoms with Gasteiger partial charge >= 0.3 is 0 Å². The van der Waals surface area contributed by atoms with E-state index in [9.17, 15) is 0 Å². The van der Waals surface area contributed by atoms with Crippen LogP contribution in [-0.4, -0.2) is 55.6 Å². The highest BCUT2D eigenvalue weighted by molar-refractivity contribution is 7.11. The summed E-state index contributed by atoms with van der Waals surface area (Å²) < 4.78 is 0. The first-order chi connectivity index (χ1) is 9.69. The van der Waals surface area contributed by atoms with E-state index in [1.165, 1.54) is 42.2 Å². The quantitative estimate of drug-likeness (QED) is 0.744. The van der Waals surface area contributed by atoms with Crippen LogP contribution in [-0.2, 0) is 6.54 Å². The number of likely N-dealkylation sites (tertiary alicyclic amines) is 1. The van der Waals surface area contributed by atoms with E-state index >= 15 is 0 Å². The molecular weight excluding hydrogens is 266 g/mol. The first-order valence-electron chi connectivity index (χ1n) is 7.87. The molecule has 114 valence electrons. The van der Waals surface area contributed by atoms with Gasteiger partial charge < -0.3 is 10.2 Å². The molecule has 1 aliphatic rings. The van der Waals surface area contributed by atoms with Gasteiger partial charge in [-0.1, -0.05) is 6.92 Å². The minimum absolute atomic E-state index is 0.782. The summed E-state index contributed by atoms with van der Waals surface area (Å²) in [5, 5.41) is 3.55. The molecule has 3 nitrogen and oxygen atoms in total. The Bertz CT molecular complexity index is 391. The average molecular weight is 295 g/mol. The van der Waals surface area contributed by atoms with Crippen LogP contribution < -0.4 is 5.32 Å². The largest absolute Gasteiger partial charge is 0.311 e. The van der Waals surface area contributed by atoms with Crippen molar-refractivity contribution in [3.8, 4) is 0 Å². The minimum Gasteiger partial charge on any atom is -0.311 e. The van der Waals surface area contributed by atoms with Crippen molar-refractivity contribution in [1.29, 1.82) is 0 Å². The molecule has 1 atom stereocenters. The van der Waals surface area contributed by atoms with E-state index in [2.05, 4.69) is 48.1 Å². The van der Waals surface area contributed by atoms with Gasteiger partial charge in [-0.05, 0) is 52.0 Å². The Labute approximate surface area is 128 Å². The molecule has 1 unspecified atom stereocenters. The smallest absolute Gasteiger partial charge is 0.0300 e. The number of hydrogen-bond donors (Lipinski definition) is 1. The molecule has 2 rings (SSSR count). The second-order valence-electron chi connectivity index (χ2n) is 5.88. The summed E-state index contributed by atoms with van der Waals surface area (Å²) in [6.45, 7) is 11.4. The third-order valence-corrected chi connectivity index (χ3v) is 5.19. The van der Waals surface area contributed by atoms with Gasteiger partial charge in [-0.2, -0.15) is 0 Å². The number of nitrogens with one attached hydrogen (secondary N) is 1. The molecule has 20 heavy (non-hydrogen) atoms. The summed E-state index contributed by atoms with van der Waals surface area (Å²) in [4.78, 5) is 7.95. The molecule has 1 aromatic heterocycles. The Morgan fingerprint density at radius 1 is 1.45 bits per heavy atom. The van der Waals surface area contributed by atoms with Gasteiger partial charge in [-0.25, -0.2) is 0 Å². The normalized spacial score (nSPS) is 20.1. The van der Waals surface area contributed by atoms with E-state index in [0.29, 0.717) is 0 Å². The maximum atomic E-state index is 3.55. The minimum atomic E-state index is 0.782. The fourth-order valence-electron chi connectivity index (χ4n) is 3.03.